The first-order valence-corrected chi connectivity index (χ1v) is 11.9. The zero-order valence-corrected chi connectivity index (χ0v) is 20.2. The van der Waals surface area contributed by atoms with Crippen molar-refractivity contribution in [2.75, 3.05) is 0 Å². The molecule has 0 N–H and O–H groups in total. The lowest BCUT2D eigenvalue weighted by atomic mass is 9.91. The third-order valence-electron chi connectivity index (χ3n) is 5.55. The van der Waals surface area contributed by atoms with Gasteiger partial charge in [0, 0.05) is 17.8 Å². The lowest BCUT2D eigenvalue weighted by Crippen LogP contribution is -2.24. The van der Waals surface area contributed by atoms with Crippen LogP contribution in [-0.2, 0) is 6.42 Å². The molecule has 1 saturated carbocycles. The summed E-state index contributed by atoms with van der Waals surface area (Å²) < 4.78 is 5.89. The summed E-state index contributed by atoms with van der Waals surface area (Å²) in [4.78, 5) is 4.53. The quantitative estimate of drug-likeness (QED) is 0.401. The van der Waals surface area contributed by atoms with Gasteiger partial charge < -0.3 is 4.74 Å². The molecule has 0 unspecified atom stereocenters. The Morgan fingerprint density at radius 3 is 2.35 bits per heavy atom. The average Bonchev–Trinajstić information content (AvgIpc) is 2.78. The Bertz CT molecular complexity index is 899. The van der Waals surface area contributed by atoms with Crippen molar-refractivity contribution in [3.63, 3.8) is 0 Å². The van der Waals surface area contributed by atoms with Crippen molar-refractivity contribution in [3.8, 4) is 17.0 Å². The summed E-state index contributed by atoms with van der Waals surface area (Å²) in [6.45, 7) is 12.7. The third kappa shape index (κ3) is 6.69. The fraction of sp³-hybridized carbons (Fsp3) is 0.414. The number of allylic oxidation sites excluding steroid dienone is 6. The van der Waals surface area contributed by atoms with Crippen LogP contribution in [0.25, 0.3) is 16.7 Å². The molecule has 0 atom stereocenters. The van der Waals surface area contributed by atoms with Crippen LogP contribution in [0.4, 0.5) is 0 Å². The number of aromatic nitrogens is 1. The van der Waals surface area contributed by atoms with Crippen molar-refractivity contribution in [3.05, 3.63) is 77.5 Å². The van der Waals surface area contributed by atoms with E-state index in [-0.39, 0.29) is 0 Å². The molecule has 1 heterocycles. The molecule has 0 aliphatic heterocycles. The monoisotopic (exact) mass is 417 g/mol. The first kappa shape index (κ1) is 24.7. The van der Waals surface area contributed by atoms with Crippen molar-refractivity contribution < 1.29 is 4.74 Å². The van der Waals surface area contributed by atoms with Crippen LogP contribution in [0, 0.1) is 0 Å². The van der Waals surface area contributed by atoms with E-state index in [0.717, 1.165) is 37.1 Å². The van der Waals surface area contributed by atoms with Gasteiger partial charge in [-0.1, -0.05) is 70.2 Å². The fourth-order valence-corrected chi connectivity index (χ4v) is 3.62. The Kier molecular flexibility index (Phi) is 10.3. The second kappa shape index (κ2) is 12.9. The zero-order chi connectivity index (χ0) is 22.6. The maximum atomic E-state index is 5.89. The van der Waals surface area contributed by atoms with Crippen LogP contribution in [0.2, 0.25) is 0 Å². The molecule has 31 heavy (non-hydrogen) atoms. The van der Waals surface area contributed by atoms with Crippen LogP contribution in [0.1, 0.15) is 78.4 Å². The Morgan fingerprint density at radius 1 is 1.06 bits per heavy atom. The molecule has 166 valence electrons. The van der Waals surface area contributed by atoms with Crippen molar-refractivity contribution in [1.82, 2.24) is 4.98 Å². The van der Waals surface area contributed by atoms with E-state index in [1.807, 2.05) is 26.1 Å². The molecular weight excluding hydrogens is 378 g/mol. The molecule has 0 spiro atoms. The van der Waals surface area contributed by atoms with Gasteiger partial charge in [-0.3, -0.25) is 0 Å². The Balaban J connectivity index is 0.00000166. The SMILES string of the molecule is CC.C\C=C/C(C)=C(\C=C\CC)c1ccc(-c2ccc(OC3CCC3)nc2)cc1CC. The van der Waals surface area contributed by atoms with Gasteiger partial charge in [0.05, 0.1) is 0 Å². The lowest BCUT2D eigenvalue weighted by molar-refractivity contribution is 0.114. The summed E-state index contributed by atoms with van der Waals surface area (Å²) in [7, 11) is 0. The summed E-state index contributed by atoms with van der Waals surface area (Å²) in [6, 6.07) is 10.9. The highest BCUT2D eigenvalue weighted by molar-refractivity contribution is 5.81. The number of benzene rings is 1. The van der Waals surface area contributed by atoms with Crippen LogP contribution in [0.15, 0.2) is 66.4 Å². The van der Waals surface area contributed by atoms with E-state index in [2.05, 4.69) is 81.2 Å². The van der Waals surface area contributed by atoms with E-state index in [4.69, 9.17) is 4.74 Å². The molecule has 1 aromatic carbocycles. The van der Waals surface area contributed by atoms with Crippen LogP contribution in [-0.4, -0.2) is 11.1 Å². The minimum Gasteiger partial charge on any atom is -0.474 e. The minimum atomic E-state index is 0.362. The molecule has 2 heteroatoms. The predicted octanol–water partition coefficient (Wildman–Crippen LogP) is 8.58. The highest BCUT2D eigenvalue weighted by atomic mass is 16.5. The van der Waals surface area contributed by atoms with Gasteiger partial charge in [0.1, 0.15) is 6.10 Å². The van der Waals surface area contributed by atoms with Crippen molar-refractivity contribution >= 4 is 5.57 Å². The second-order valence-corrected chi connectivity index (χ2v) is 7.69. The molecule has 1 aliphatic carbocycles. The molecule has 0 amide bonds. The van der Waals surface area contributed by atoms with E-state index in [1.165, 1.54) is 34.3 Å². The zero-order valence-electron chi connectivity index (χ0n) is 20.2. The van der Waals surface area contributed by atoms with Gasteiger partial charge in [-0.05, 0) is 79.9 Å². The molecule has 2 aromatic rings. The van der Waals surface area contributed by atoms with Gasteiger partial charge in [0.15, 0.2) is 0 Å². The summed E-state index contributed by atoms with van der Waals surface area (Å²) in [5.41, 5.74) is 7.60. The number of pyridine rings is 1. The van der Waals surface area contributed by atoms with Gasteiger partial charge in [0.2, 0.25) is 5.88 Å². The van der Waals surface area contributed by atoms with Crippen molar-refractivity contribution in [2.45, 2.75) is 79.8 Å². The molecule has 1 fully saturated rings. The first-order valence-electron chi connectivity index (χ1n) is 11.9. The molecule has 1 aliphatic rings. The predicted molar refractivity (Wildman–Crippen MR) is 136 cm³/mol. The number of nitrogens with zero attached hydrogens (tertiary/aromatic N) is 1. The number of aryl methyl sites for hydroxylation is 1. The molecule has 1 aromatic heterocycles. The van der Waals surface area contributed by atoms with Gasteiger partial charge in [-0.2, -0.15) is 0 Å². The summed E-state index contributed by atoms with van der Waals surface area (Å²) >= 11 is 0. The molecule has 0 saturated heterocycles. The largest absolute Gasteiger partial charge is 0.474 e. The smallest absolute Gasteiger partial charge is 0.213 e. The topological polar surface area (TPSA) is 22.1 Å². The number of hydrogen-bond acceptors (Lipinski definition) is 2. The number of hydrogen-bond donors (Lipinski definition) is 0. The van der Waals surface area contributed by atoms with E-state index >= 15 is 0 Å². The van der Waals surface area contributed by atoms with Crippen molar-refractivity contribution in [1.29, 1.82) is 0 Å². The standard InChI is InChI=1S/C27H33NO.C2H6/c1-5-8-13-25(20(4)10-6-2)26-16-14-22(18-21(26)7-3)23-15-17-27(28-19-23)29-24-11-9-12-24;1-2/h6,8,10,13-19,24H,5,7,9,11-12H2,1-4H3;1-2H3/b10-6-,13-8+,25-20+;. The number of ether oxygens (including phenoxy) is 1. The molecule has 2 nitrogen and oxygen atoms in total. The van der Waals surface area contributed by atoms with Gasteiger partial charge in [0.25, 0.3) is 0 Å². The molecular formula is C29H39NO. The molecule has 3 rings (SSSR count). The lowest BCUT2D eigenvalue weighted by Gasteiger charge is -2.25. The molecule has 0 radical (unpaired) electrons. The first-order chi connectivity index (χ1) is 15.2. The summed E-state index contributed by atoms with van der Waals surface area (Å²) in [5, 5.41) is 0. The van der Waals surface area contributed by atoms with Crippen LogP contribution >= 0.6 is 0 Å². The maximum absolute atomic E-state index is 5.89. The number of rotatable bonds is 8. The fourth-order valence-electron chi connectivity index (χ4n) is 3.62. The Morgan fingerprint density at radius 2 is 1.81 bits per heavy atom. The third-order valence-corrected chi connectivity index (χ3v) is 5.55. The van der Waals surface area contributed by atoms with E-state index in [9.17, 15) is 0 Å². The maximum Gasteiger partial charge on any atom is 0.213 e. The average molecular weight is 418 g/mol. The second-order valence-electron chi connectivity index (χ2n) is 7.69. The van der Waals surface area contributed by atoms with Gasteiger partial charge >= 0.3 is 0 Å². The van der Waals surface area contributed by atoms with Gasteiger partial charge in [-0.25, -0.2) is 4.98 Å². The minimum absolute atomic E-state index is 0.362. The van der Waals surface area contributed by atoms with Crippen LogP contribution in [0.5, 0.6) is 5.88 Å². The van der Waals surface area contributed by atoms with Crippen LogP contribution < -0.4 is 4.74 Å². The normalized spacial score (nSPS) is 14.8. The summed E-state index contributed by atoms with van der Waals surface area (Å²) in [5.74, 6) is 0.739. The van der Waals surface area contributed by atoms with Gasteiger partial charge in [-0.15, -0.1) is 0 Å². The highest BCUT2D eigenvalue weighted by Crippen LogP contribution is 2.31. The van der Waals surface area contributed by atoms with E-state index < -0.39 is 0 Å². The Hall–Kier alpha value is -2.61. The highest BCUT2D eigenvalue weighted by Gasteiger charge is 2.19. The Labute approximate surface area is 189 Å². The van der Waals surface area contributed by atoms with Crippen molar-refractivity contribution in [2.24, 2.45) is 0 Å². The molecule has 0 bridgehead atoms. The van der Waals surface area contributed by atoms with E-state index in [1.54, 1.807) is 0 Å². The summed E-state index contributed by atoms with van der Waals surface area (Å²) in [6.07, 6.45) is 16.7. The van der Waals surface area contributed by atoms with E-state index in [0.29, 0.717) is 6.10 Å². The van der Waals surface area contributed by atoms with Crippen LogP contribution in [0.3, 0.4) is 0 Å².